The lowest BCUT2D eigenvalue weighted by Gasteiger charge is -2.16. The molecule has 6 heteroatoms. The molecule has 1 aliphatic carbocycles. The maximum absolute atomic E-state index is 12.0. The van der Waals surface area contributed by atoms with Gasteiger partial charge in [0.05, 0.1) is 5.56 Å². The Hall–Kier alpha value is -3.64. The van der Waals surface area contributed by atoms with E-state index >= 15 is 0 Å². The number of aromatic hydroxyl groups is 1. The van der Waals surface area contributed by atoms with Crippen molar-refractivity contribution in [3.8, 4) is 28.2 Å². The summed E-state index contributed by atoms with van der Waals surface area (Å²) in [4.78, 5) is 27.6. The molecule has 1 aliphatic heterocycles. The third-order valence-corrected chi connectivity index (χ3v) is 4.18. The van der Waals surface area contributed by atoms with Gasteiger partial charge in [-0.25, -0.2) is 4.79 Å². The van der Waals surface area contributed by atoms with Crippen LogP contribution in [0.25, 0.3) is 33.4 Å². The van der Waals surface area contributed by atoms with Crippen LogP contribution in [-0.4, -0.2) is 16.3 Å². The highest BCUT2D eigenvalue weighted by molar-refractivity contribution is 6.07. The fourth-order valence-electron chi connectivity index (χ4n) is 3.08. The predicted octanol–water partition coefficient (Wildman–Crippen LogP) is 3.90. The lowest BCUT2D eigenvalue weighted by atomic mass is 9.91. The second kappa shape index (κ2) is 6.02. The van der Waals surface area contributed by atoms with Gasteiger partial charge in [-0.3, -0.25) is 9.68 Å². The quantitative estimate of drug-likeness (QED) is 0.324. The minimum absolute atomic E-state index is 0.00730. The summed E-state index contributed by atoms with van der Waals surface area (Å²) >= 11 is 0. The molecule has 2 aromatic carbocycles. The number of fused-ring (bicyclic) bond motifs is 2. The first kappa shape index (κ1) is 15.9. The Labute approximate surface area is 146 Å². The predicted molar refractivity (Wildman–Crippen MR) is 94.3 cm³/mol. The molecular formula is C20H12O6. The number of carbonyl (C=O) groups excluding carboxylic acids is 1. The smallest absolute Gasteiger partial charge is 0.373 e. The van der Waals surface area contributed by atoms with Crippen molar-refractivity contribution in [3.05, 3.63) is 76.5 Å². The monoisotopic (exact) mass is 348 g/mol. The molecule has 0 unspecified atom stereocenters. The van der Waals surface area contributed by atoms with E-state index in [1.165, 1.54) is 30.3 Å². The topological polar surface area (TPSA) is 97.0 Å². The van der Waals surface area contributed by atoms with E-state index in [4.69, 9.17) is 9.67 Å². The standard InChI is InChI=1S/C20H12O6/c21-11-5-7-15-17(9-11)25-18-10-12(22)6-8-16(18)19(15)13-3-1-2-4-14(13)20(23)26-24/h1-10,21,24H. The van der Waals surface area contributed by atoms with Crippen LogP contribution in [0.3, 0.4) is 0 Å². The maximum atomic E-state index is 12.0. The van der Waals surface area contributed by atoms with Gasteiger partial charge in [-0.2, -0.15) is 5.26 Å². The molecule has 1 heterocycles. The van der Waals surface area contributed by atoms with E-state index in [0.717, 1.165) is 0 Å². The summed E-state index contributed by atoms with van der Waals surface area (Å²) in [6.07, 6.45) is 0. The molecule has 6 nitrogen and oxygen atoms in total. The zero-order valence-corrected chi connectivity index (χ0v) is 13.3. The lowest BCUT2D eigenvalue weighted by Crippen LogP contribution is -2.05. The molecule has 0 spiro atoms. The average Bonchev–Trinajstić information content (AvgIpc) is 2.65. The van der Waals surface area contributed by atoms with E-state index in [0.29, 0.717) is 33.4 Å². The van der Waals surface area contributed by atoms with Gasteiger partial charge in [0.15, 0.2) is 5.43 Å². The molecule has 128 valence electrons. The van der Waals surface area contributed by atoms with Crippen LogP contribution in [0.1, 0.15) is 10.4 Å². The first-order valence-electron chi connectivity index (χ1n) is 7.73. The maximum Gasteiger partial charge on any atom is 0.373 e. The Balaban J connectivity index is 2.18. The van der Waals surface area contributed by atoms with Crippen LogP contribution in [0.15, 0.2) is 69.9 Å². The van der Waals surface area contributed by atoms with Crippen LogP contribution in [-0.2, 0) is 4.89 Å². The van der Waals surface area contributed by atoms with Crippen LogP contribution < -0.4 is 5.43 Å². The second-order valence-corrected chi connectivity index (χ2v) is 5.74. The summed E-state index contributed by atoms with van der Waals surface area (Å²) < 4.78 is 5.77. The van der Waals surface area contributed by atoms with Gasteiger partial charge in [-0.15, -0.1) is 0 Å². The highest BCUT2D eigenvalue weighted by Crippen LogP contribution is 2.41. The molecule has 4 rings (SSSR count). The number of phenolic OH excluding ortho intramolecular Hbond substituents is 1. The van der Waals surface area contributed by atoms with Crippen LogP contribution in [0.4, 0.5) is 0 Å². The molecule has 0 amide bonds. The molecule has 0 bridgehead atoms. The minimum atomic E-state index is -0.901. The zero-order chi connectivity index (χ0) is 18.3. The molecule has 2 aromatic rings. The summed E-state index contributed by atoms with van der Waals surface area (Å²) in [5.41, 5.74) is 2.02. The van der Waals surface area contributed by atoms with E-state index < -0.39 is 5.97 Å². The summed E-state index contributed by atoms with van der Waals surface area (Å²) in [6, 6.07) is 15.6. The Morgan fingerprint density at radius 1 is 0.962 bits per heavy atom. The molecule has 0 saturated carbocycles. The van der Waals surface area contributed by atoms with Crippen molar-refractivity contribution in [2.24, 2.45) is 0 Å². The first-order chi connectivity index (χ1) is 12.6. The van der Waals surface area contributed by atoms with Gasteiger partial charge in [0.1, 0.15) is 17.1 Å². The van der Waals surface area contributed by atoms with Crippen molar-refractivity contribution < 1.29 is 24.5 Å². The van der Waals surface area contributed by atoms with Crippen molar-refractivity contribution >= 4 is 16.9 Å². The number of hydrogen-bond acceptors (Lipinski definition) is 6. The van der Waals surface area contributed by atoms with E-state index in [1.807, 2.05) is 0 Å². The highest BCUT2D eigenvalue weighted by atomic mass is 17.1. The van der Waals surface area contributed by atoms with Gasteiger partial charge in [-0.05, 0) is 35.9 Å². The van der Waals surface area contributed by atoms with Gasteiger partial charge in [0.2, 0.25) is 0 Å². The number of benzene rings is 3. The molecule has 0 fully saturated rings. The molecule has 0 radical (unpaired) electrons. The molecular weight excluding hydrogens is 336 g/mol. The van der Waals surface area contributed by atoms with Gasteiger partial charge < -0.3 is 9.52 Å². The molecule has 0 saturated heterocycles. The number of phenols is 1. The fourth-order valence-corrected chi connectivity index (χ4v) is 3.08. The number of hydrogen-bond donors (Lipinski definition) is 2. The largest absolute Gasteiger partial charge is 0.508 e. The van der Waals surface area contributed by atoms with Gasteiger partial charge >= 0.3 is 5.97 Å². The third-order valence-electron chi connectivity index (χ3n) is 4.18. The lowest BCUT2D eigenvalue weighted by molar-refractivity contribution is -0.182. The Kier molecular flexibility index (Phi) is 3.67. The molecule has 0 atom stereocenters. The van der Waals surface area contributed by atoms with Crippen molar-refractivity contribution in [1.82, 2.24) is 0 Å². The van der Waals surface area contributed by atoms with E-state index in [-0.39, 0.29) is 16.7 Å². The summed E-state index contributed by atoms with van der Waals surface area (Å²) in [7, 11) is 0. The van der Waals surface area contributed by atoms with Gasteiger partial charge in [0.25, 0.3) is 0 Å². The van der Waals surface area contributed by atoms with Crippen LogP contribution in [0, 0.1) is 0 Å². The number of carbonyl (C=O) groups is 1. The summed E-state index contributed by atoms with van der Waals surface area (Å²) in [6.45, 7) is 0. The molecule has 26 heavy (non-hydrogen) atoms. The van der Waals surface area contributed by atoms with Crippen LogP contribution in [0.5, 0.6) is 5.75 Å². The van der Waals surface area contributed by atoms with E-state index in [1.54, 1.807) is 30.3 Å². The summed E-state index contributed by atoms with van der Waals surface area (Å²) in [5, 5.41) is 19.2. The SMILES string of the molecule is O=C(OO)c1ccccc1-c1c2ccc(=O)cc-2oc2cc(O)ccc12. The van der Waals surface area contributed by atoms with E-state index in [9.17, 15) is 14.7 Å². The fraction of sp³-hybridized carbons (Fsp3) is 0. The third kappa shape index (κ3) is 2.49. The van der Waals surface area contributed by atoms with Gasteiger partial charge in [-0.1, -0.05) is 18.2 Å². The normalized spacial score (nSPS) is 11.0. The van der Waals surface area contributed by atoms with Crippen LogP contribution in [0.2, 0.25) is 0 Å². The Morgan fingerprint density at radius 2 is 1.77 bits per heavy atom. The number of rotatable bonds is 2. The second-order valence-electron chi connectivity index (χ2n) is 5.74. The Morgan fingerprint density at radius 3 is 2.58 bits per heavy atom. The van der Waals surface area contributed by atoms with Crippen molar-refractivity contribution in [3.63, 3.8) is 0 Å². The van der Waals surface area contributed by atoms with Crippen molar-refractivity contribution in [2.45, 2.75) is 0 Å². The average molecular weight is 348 g/mol. The van der Waals surface area contributed by atoms with Crippen molar-refractivity contribution in [1.29, 1.82) is 0 Å². The molecule has 2 aliphatic rings. The summed E-state index contributed by atoms with van der Waals surface area (Å²) in [5.74, 6) is -0.576. The highest BCUT2D eigenvalue weighted by Gasteiger charge is 2.22. The van der Waals surface area contributed by atoms with Gasteiger partial charge in [0, 0.05) is 28.6 Å². The Bertz CT molecular complexity index is 1170. The molecule has 0 aromatic heterocycles. The molecule has 2 N–H and O–H groups in total. The minimum Gasteiger partial charge on any atom is -0.508 e. The van der Waals surface area contributed by atoms with Crippen molar-refractivity contribution in [2.75, 3.05) is 0 Å². The van der Waals surface area contributed by atoms with E-state index in [2.05, 4.69) is 4.89 Å². The first-order valence-corrected chi connectivity index (χ1v) is 7.73. The zero-order valence-electron chi connectivity index (χ0n) is 13.3. The van der Waals surface area contributed by atoms with Crippen LogP contribution >= 0.6 is 0 Å².